The van der Waals surface area contributed by atoms with E-state index in [1.807, 2.05) is 4.90 Å². The number of rotatable bonds is 6. The first-order valence-corrected chi connectivity index (χ1v) is 11.1. The molecular formula is C23H31N3O7. The summed E-state index contributed by atoms with van der Waals surface area (Å²) in [5.41, 5.74) is 0.533. The summed E-state index contributed by atoms with van der Waals surface area (Å²) in [4.78, 5) is 54.0. The van der Waals surface area contributed by atoms with Crippen LogP contribution in [0.3, 0.4) is 0 Å². The summed E-state index contributed by atoms with van der Waals surface area (Å²) in [5.74, 6) is -3.10. The summed E-state index contributed by atoms with van der Waals surface area (Å²) in [5, 5.41) is 0. The Balaban J connectivity index is 2.31. The molecule has 0 amide bonds. The zero-order chi connectivity index (χ0) is 24.3. The molecule has 0 spiro atoms. The number of ether oxygens (including phenoxy) is 3. The lowest BCUT2D eigenvalue weighted by atomic mass is 9.73. The van der Waals surface area contributed by atoms with Crippen LogP contribution in [0.1, 0.15) is 32.3 Å². The quantitative estimate of drug-likeness (QED) is 0.562. The van der Waals surface area contributed by atoms with Crippen molar-refractivity contribution < 1.29 is 23.8 Å². The van der Waals surface area contributed by atoms with Crippen molar-refractivity contribution in [3.8, 4) is 0 Å². The molecule has 33 heavy (non-hydrogen) atoms. The van der Waals surface area contributed by atoms with E-state index in [1.54, 1.807) is 26.8 Å². The van der Waals surface area contributed by atoms with Crippen molar-refractivity contribution in [3.63, 3.8) is 0 Å². The van der Waals surface area contributed by atoms with Crippen LogP contribution in [0.15, 0.2) is 38.7 Å². The van der Waals surface area contributed by atoms with E-state index < -0.39 is 35.0 Å². The Morgan fingerprint density at radius 3 is 2.33 bits per heavy atom. The van der Waals surface area contributed by atoms with E-state index in [9.17, 15) is 19.2 Å². The molecule has 2 atom stereocenters. The molecule has 10 nitrogen and oxygen atoms in total. The number of nitrogens with zero attached hydrogens (tertiary/aromatic N) is 3. The van der Waals surface area contributed by atoms with Crippen molar-refractivity contribution in [2.24, 2.45) is 20.0 Å². The number of aryl methyl sites for hydroxylation is 1. The molecule has 2 heterocycles. The number of esters is 2. The number of morpholine rings is 1. The van der Waals surface area contributed by atoms with Crippen LogP contribution >= 0.6 is 0 Å². The minimum Gasteiger partial charge on any atom is -0.465 e. The average Bonchev–Trinajstić information content (AvgIpc) is 2.80. The predicted molar refractivity (Wildman–Crippen MR) is 120 cm³/mol. The molecule has 3 rings (SSSR count). The first-order valence-electron chi connectivity index (χ1n) is 11.1. The monoisotopic (exact) mass is 461 g/mol. The lowest BCUT2D eigenvalue weighted by molar-refractivity contribution is -0.148. The molecule has 1 aliphatic heterocycles. The number of aromatic nitrogens is 2. The van der Waals surface area contributed by atoms with Gasteiger partial charge in [0.15, 0.2) is 0 Å². The lowest BCUT2D eigenvalue weighted by Gasteiger charge is -2.40. The Labute approximate surface area is 192 Å². The summed E-state index contributed by atoms with van der Waals surface area (Å²) in [6.07, 6.45) is 3.19. The lowest BCUT2D eigenvalue weighted by Crippen LogP contribution is -2.46. The largest absolute Gasteiger partial charge is 0.465 e. The van der Waals surface area contributed by atoms with Crippen LogP contribution in [0.5, 0.6) is 0 Å². The topological polar surface area (TPSA) is 109 Å². The Morgan fingerprint density at radius 1 is 1.09 bits per heavy atom. The van der Waals surface area contributed by atoms with Crippen LogP contribution in [-0.4, -0.2) is 65.5 Å². The zero-order valence-electron chi connectivity index (χ0n) is 19.8. The van der Waals surface area contributed by atoms with Crippen LogP contribution in [-0.2, 0) is 37.9 Å². The molecule has 1 aromatic heterocycles. The molecule has 2 aliphatic rings. The average molecular weight is 462 g/mol. The number of hydrogen-bond donors (Lipinski definition) is 0. The van der Waals surface area contributed by atoms with Gasteiger partial charge in [0.2, 0.25) is 0 Å². The molecule has 180 valence electrons. The van der Waals surface area contributed by atoms with Gasteiger partial charge in [-0.2, -0.15) is 0 Å². The van der Waals surface area contributed by atoms with E-state index >= 15 is 0 Å². The molecule has 0 bridgehead atoms. The molecular weight excluding hydrogens is 430 g/mol. The van der Waals surface area contributed by atoms with Crippen LogP contribution in [0, 0.1) is 5.92 Å². The van der Waals surface area contributed by atoms with Crippen molar-refractivity contribution >= 4 is 11.9 Å². The Morgan fingerprint density at radius 2 is 1.73 bits per heavy atom. The Kier molecular flexibility index (Phi) is 7.57. The van der Waals surface area contributed by atoms with E-state index in [4.69, 9.17) is 14.2 Å². The van der Waals surface area contributed by atoms with Crippen LogP contribution in [0.2, 0.25) is 0 Å². The molecule has 1 saturated heterocycles. The normalized spacial score (nSPS) is 21.0. The molecule has 0 saturated carbocycles. The second-order valence-corrected chi connectivity index (χ2v) is 8.04. The SMILES string of the molecule is CCOC(=O)C1=C(C)C=C(N2CCOCC2)[C@H](C(=O)OCC)[C@H]1c1cn(C)c(=O)n(C)c1=O. The fourth-order valence-electron chi connectivity index (χ4n) is 4.45. The standard InChI is InChI=1S/C23H31N3O7/c1-6-32-21(28)17-14(3)12-16(26-8-10-31-11-9-26)19(22(29)33-7-2)18(17)15-13-24(4)23(30)25(5)20(15)27/h12-13,18-19H,6-11H2,1-5H3/t18-,19-/m0/s1. The third-order valence-corrected chi connectivity index (χ3v) is 5.97. The first-order chi connectivity index (χ1) is 15.7. The van der Waals surface area contributed by atoms with Gasteiger partial charge in [0, 0.05) is 56.1 Å². The van der Waals surface area contributed by atoms with E-state index in [2.05, 4.69) is 0 Å². The number of allylic oxidation sites excluding steroid dienone is 2. The summed E-state index contributed by atoms with van der Waals surface area (Å²) in [7, 11) is 2.89. The fourth-order valence-corrected chi connectivity index (χ4v) is 4.45. The van der Waals surface area contributed by atoms with Gasteiger partial charge in [0.25, 0.3) is 5.56 Å². The van der Waals surface area contributed by atoms with E-state index in [0.29, 0.717) is 37.6 Å². The first kappa shape index (κ1) is 24.5. The molecule has 1 aromatic rings. The van der Waals surface area contributed by atoms with Gasteiger partial charge in [-0.25, -0.2) is 9.59 Å². The molecule has 0 unspecified atom stereocenters. The van der Waals surface area contributed by atoms with Gasteiger partial charge in [0.1, 0.15) is 5.92 Å². The maximum atomic E-state index is 13.3. The van der Waals surface area contributed by atoms with Crippen LogP contribution < -0.4 is 11.2 Å². The highest BCUT2D eigenvalue weighted by Gasteiger charge is 2.45. The Hall–Kier alpha value is -3.14. The Bertz CT molecular complexity index is 1110. The van der Waals surface area contributed by atoms with E-state index in [-0.39, 0.29) is 24.4 Å². The second-order valence-electron chi connectivity index (χ2n) is 8.04. The van der Waals surface area contributed by atoms with Crippen molar-refractivity contribution in [1.29, 1.82) is 0 Å². The smallest absolute Gasteiger partial charge is 0.334 e. The van der Waals surface area contributed by atoms with E-state index in [1.165, 1.54) is 24.9 Å². The van der Waals surface area contributed by atoms with Gasteiger partial charge in [-0.05, 0) is 32.4 Å². The summed E-state index contributed by atoms with van der Waals surface area (Å²) in [6.45, 7) is 7.52. The number of carbonyl (C=O) groups is 2. The fraction of sp³-hybridized carbons (Fsp3) is 0.565. The highest BCUT2D eigenvalue weighted by molar-refractivity contribution is 5.95. The van der Waals surface area contributed by atoms with Gasteiger partial charge < -0.3 is 23.7 Å². The highest BCUT2D eigenvalue weighted by Crippen LogP contribution is 2.43. The maximum Gasteiger partial charge on any atom is 0.334 e. The van der Waals surface area contributed by atoms with E-state index in [0.717, 1.165) is 4.57 Å². The van der Waals surface area contributed by atoms with Gasteiger partial charge >= 0.3 is 17.6 Å². The minimum absolute atomic E-state index is 0.137. The minimum atomic E-state index is -0.976. The molecule has 0 aromatic carbocycles. The molecule has 10 heteroatoms. The predicted octanol–water partition coefficient (Wildman–Crippen LogP) is 0.456. The summed E-state index contributed by atoms with van der Waals surface area (Å²) < 4.78 is 18.4. The molecule has 1 fully saturated rings. The van der Waals surface area contributed by atoms with Gasteiger partial charge in [0.05, 0.1) is 26.4 Å². The number of hydrogen-bond acceptors (Lipinski definition) is 8. The van der Waals surface area contributed by atoms with Gasteiger partial charge in [-0.15, -0.1) is 0 Å². The molecule has 1 aliphatic carbocycles. The zero-order valence-corrected chi connectivity index (χ0v) is 19.8. The van der Waals surface area contributed by atoms with Gasteiger partial charge in [-0.3, -0.25) is 14.2 Å². The molecule has 0 radical (unpaired) electrons. The molecule has 0 N–H and O–H groups in total. The van der Waals surface area contributed by atoms with Crippen molar-refractivity contribution in [1.82, 2.24) is 14.0 Å². The number of carbonyl (C=O) groups excluding carboxylic acids is 2. The second kappa shape index (κ2) is 10.2. The van der Waals surface area contributed by atoms with Crippen LogP contribution in [0.25, 0.3) is 0 Å². The van der Waals surface area contributed by atoms with Crippen molar-refractivity contribution in [2.75, 3.05) is 39.5 Å². The third-order valence-electron chi connectivity index (χ3n) is 5.97. The summed E-state index contributed by atoms with van der Waals surface area (Å²) >= 11 is 0. The third kappa shape index (κ3) is 4.66. The maximum absolute atomic E-state index is 13.3. The van der Waals surface area contributed by atoms with Crippen molar-refractivity contribution in [3.05, 3.63) is 55.5 Å². The van der Waals surface area contributed by atoms with Gasteiger partial charge in [-0.1, -0.05) is 0 Å². The van der Waals surface area contributed by atoms with Crippen molar-refractivity contribution in [2.45, 2.75) is 26.7 Å². The summed E-state index contributed by atoms with van der Waals surface area (Å²) in [6, 6.07) is 0. The van der Waals surface area contributed by atoms with Crippen LogP contribution in [0.4, 0.5) is 0 Å². The highest BCUT2D eigenvalue weighted by atomic mass is 16.5.